The third-order valence-electron chi connectivity index (χ3n) is 3.01. The Morgan fingerprint density at radius 1 is 1.23 bits per heavy atom. The molecule has 0 radical (unpaired) electrons. The highest BCUT2D eigenvalue weighted by atomic mass is 79.9. The van der Waals surface area contributed by atoms with Crippen molar-refractivity contribution in [1.29, 1.82) is 0 Å². The van der Waals surface area contributed by atoms with Crippen molar-refractivity contribution in [2.45, 2.75) is 33.2 Å². The SMILES string of the molecule is Cc1ccc(-c2cc(C(=O)NC(C)(C)C)cc(Br)n2)cc1F. The average Bonchev–Trinajstić information content (AvgIpc) is 2.39. The number of carbonyl (C=O) groups is 1. The molecule has 3 nitrogen and oxygen atoms in total. The smallest absolute Gasteiger partial charge is 0.251 e. The van der Waals surface area contributed by atoms with Crippen molar-refractivity contribution < 1.29 is 9.18 Å². The normalized spacial score (nSPS) is 11.4. The summed E-state index contributed by atoms with van der Waals surface area (Å²) >= 11 is 3.31. The molecular formula is C17H18BrFN2O. The standard InChI is InChI=1S/C17H18BrFN2O/c1-10-5-6-11(7-13(10)19)14-8-12(9-15(18)20-14)16(22)21-17(2,3)4/h5-9H,1-4H3,(H,21,22). The number of rotatable bonds is 2. The first kappa shape index (κ1) is 16.6. The Morgan fingerprint density at radius 2 is 1.91 bits per heavy atom. The molecule has 0 saturated carbocycles. The van der Waals surface area contributed by atoms with Gasteiger partial charge in [0, 0.05) is 16.7 Å². The Morgan fingerprint density at radius 3 is 2.50 bits per heavy atom. The Kier molecular flexibility index (Phi) is 4.66. The first-order valence-corrected chi connectivity index (χ1v) is 7.72. The predicted molar refractivity (Wildman–Crippen MR) is 89.3 cm³/mol. The van der Waals surface area contributed by atoms with Crippen LogP contribution >= 0.6 is 15.9 Å². The van der Waals surface area contributed by atoms with Crippen LogP contribution in [0, 0.1) is 12.7 Å². The number of carbonyl (C=O) groups excluding carboxylic acids is 1. The van der Waals surface area contributed by atoms with Crippen LogP contribution in [0.5, 0.6) is 0 Å². The lowest BCUT2D eigenvalue weighted by molar-refractivity contribution is 0.0919. The molecule has 0 unspecified atom stereocenters. The van der Waals surface area contributed by atoms with E-state index in [0.717, 1.165) is 0 Å². The number of hydrogen-bond acceptors (Lipinski definition) is 2. The molecule has 0 saturated heterocycles. The molecular weight excluding hydrogens is 347 g/mol. The van der Waals surface area contributed by atoms with E-state index in [-0.39, 0.29) is 17.3 Å². The van der Waals surface area contributed by atoms with Gasteiger partial charge in [0.05, 0.1) is 5.69 Å². The lowest BCUT2D eigenvalue weighted by atomic mass is 10.1. The number of nitrogens with zero attached hydrogens (tertiary/aromatic N) is 1. The highest BCUT2D eigenvalue weighted by Gasteiger charge is 2.17. The highest BCUT2D eigenvalue weighted by molar-refractivity contribution is 9.10. The van der Waals surface area contributed by atoms with Crippen LogP contribution in [-0.4, -0.2) is 16.4 Å². The summed E-state index contributed by atoms with van der Waals surface area (Å²) in [5.41, 5.74) is 1.90. The molecule has 1 amide bonds. The van der Waals surface area contributed by atoms with E-state index in [2.05, 4.69) is 26.2 Å². The third kappa shape index (κ3) is 4.13. The van der Waals surface area contributed by atoms with Gasteiger partial charge in [-0.15, -0.1) is 0 Å². The van der Waals surface area contributed by atoms with E-state index in [1.54, 1.807) is 31.2 Å². The van der Waals surface area contributed by atoms with E-state index >= 15 is 0 Å². The molecule has 1 heterocycles. The molecule has 1 aromatic carbocycles. The van der Waals surface area contributed by atoms with E-state index in [1.165, 1.54) is 6.07 Å². The summed E-state index contributed by atoms with van der Waals surface area (Å²) in [5.74, 6) is -0.482. The number of benzene rings is 1. The van der Waals surface area contributed by atoms with Crippen molar-refractivity contribution in [2.24, 2.45) is 0 Å². The molecule has 0 bridgehead atoms. The van der Waals surface area contributed by atoms with Crippen molar-refractivity contribution in [3.63, 3.8) is 0 Å². The zero-order valence-electron chi connectivity index (χ0n) is 13.0. The van der Waals surface area contributed by atoms with Gasteiger partial charge in [-0.05, 0) is 67.4 Å². The van der Waals surface area contributed by atoms with Crippen molar-refractivity contribution in [3.05, 3.63) is 51.9 Å². The van der Waals surface area contributed by atoms with Gasteiger partial charge < -0.3 is 5.32 Å². The van der Waals surface area contributed by atoms with Gasteiger partial charge in [0.15, 0.2) is 0 Å². The first-order valence-electron chi connectivity index (χ1n) is 6.92. The summed E-state index contributed by atoms with van der Waals surface area (Å²) in [6.45, 7) is 7.45. The number of nitrogens with one attached hydrogen (secondary N) is 1. The molecule has 0 aliphatic heterocycles. The number of pyridine rings is 1. The zero-order chi connectivity index (χ0) is 16.5. The minimum Gasteiger partial charge on any atom is -0.347 e. The quantitative estimate of drug-likeness (QED) is 0.797. The maximum atomic E-state index is 13.7. The number of halogens is 2. The number of aryl methyl sites for hydroxylation is 1. The van der Waals surface area contributed by atoms with E-state index in [9.17, 15) is 9.18 Å². The number of amides is 1. The van der Waals surface area contributed by atoms with Crippen LogP contribution in [0.25, 0.3) is 11.3 Å². The fourth-order valence-corrected chi connectivity index (χ4v) is 2.38. The summed E-state index contributed by atoms with van der Waals surface area (Å²) in [4.78, 5) is 16.6. The summed E-state index contributed by atoms with van der Waals surface area (Å²) in [6, 6.07) is 8.22. The largest absolute Gasteiger partial charge is 0.347 e. The monoisotopic (exact) mass is 364 g/mol. The molecule has 1 N–H and O–H groups in total. The van der Waals surface area contributed by atoms with Gasteiger partial charge in [0.25, 0.3) is 5.91 Å². The van der Waals surface area contributed by atoms with Crippen LogP contribution in [0.1, 0.15) is 36.7 Å². The number of hydrogen-bond donors (Lipinski definition) is 1. The average molecular weight is 365 g/mol. The second kappa shape index (κ2) is 6.16. The molecule has 5 heteroatoms. The first-order chi connectivity index (χ1) is 10.2. The third-order valence-corrected chi connectivity index (χ3v) is 3.42. The fourth-order valence-electron chi connectivity index (χ4n) is 1.94. The molecule has 2 aromatic rings. The van der Waals surface area contributed by atoms with E-state index in [4.69, 9.17) is 0 Å². The Labute approximate surface area is 138 Å². The Balaban J connectivity index is 2.42. The van der Waals surface area contributed by atoms with Crippen LogP contribution in [0.2, 0.25) is 0 Å². The van der Waals surface area contributed by atoms with Crippen molar-refractivity contribution in [3.8, 4) is 11.3 Å². The minimum atomic E-state index is -0.330. The van der Waals surface area contributed by atoms with Crippen molar-refractivity contribution in [1.82, 2.24) is 10.3 Å². The summed E-state index contributed by atoms with van der Waals surface area (Å²) < 4.78 is 14.3. The maximum Gasteiger partial charge on any atom is 0.251 e. The van der Waals surface area contributed by atoms with Gasteiger partial charge in [-0.25, -0.2) is 9.37 Å². The lowest BCUT2D eigenvalue weighted by Gasteiger charge is -2.20. The van der Waals surface area contributed by atoms with Crippen LogP contribution in [0.15, 0.2) is 34.9 Å². The highest BCUT2D eigenvalue weighted by Crippen LogP contribution is 2.23. The number of aromatic nitrogens is 1. The second-order valence-corrected chi connectivity index (χ2v) is 7.04. The van der Waals surface area contributed by atoms with Crippen LogP contribution in [0.3, 0.4) is 0 Å². The van der Waals surface area contributed by atoms with Crippen molar-refractivity contribution in [2.75, 3.05) is 0 Å². The molecule has 0 atom stereocenters. The van der Waals surface area contributed by atoms with Gasteiger partial charge in [0.2, 0.25) is 0 Å². The maximum absolute atomic E-state index is 13.7. The molecule has 0 fully saturated rings. The van der Waals surface area contributed by atoms with Gasteiger partial charge in [-0.2, -0.15) is 0 Å². The van der Waals surface area contributed by atoms with Crippen molar-refractivity contribution >= 4 is 21.8 Å². The minimum absolute atomic E-state index is 0.190. The Bertz CT molecular complexity index is 723. The van der Waals surface area contributed by atoms with Crippen LogP contribution < -0.4 is 5.32 Å². The van der Waals surface area contributed by atoms with Crippen LogP contribution in [-0.2, 0) is 0 Å². The van der Waals surface area contributed by atoms with Gasteiger partial charge in [-0.3, -0.25) is 4.79 Å². The Hall–Kier alpha value is -1.75. The molecule has 22 heavy (non-hydrogen) atoms. The molecule has 0 spiro atoms. The van der Waals surface area contributed by atoms with Gasteiger partial charge >= 0.3 is 0 Å². The van der Waals surface area contributed by atoms with Gasteiger partial charge in [-0.1, -0.05) is 12.1 Å². The molecule has 116 valence electrons. The summed E-state index contributed by atoms with van der Waals surface area (Å²) in [7, 11) is 0. The van der Waals surface area contributed by atoms with Gasteiger partial charge in [0.1, 0.15) is 10.4 Å². The molecule has 0 aliphatic carbocycles. The molecule has 1 aromatic heterocycles. The van der Waals surface area contributed by atoms with E-state index in [0.29, 0.717) is 27.0 Å². The summed E-state index contributed by atoms with van der Waals surface area (Å²) in [6.07, 6.45) is 0. The second-order valence-electron chi connectivity index (χ2n) is 6.23. The van der Waals surface area contributed by atoms with E-state index < -0.39 is 0 Å². The zero-order valence-corrected chi connectivity index (χ0v) is 14.6. The molecule has 2 rings (SSSR count). The topological polar surface area (TPSA) is 42.0 Å². The molecule has 0 aliphatic rings. The fraction of sp³-hybridized carbons (Fsp3) is 0.294. The van der Waals surface area contributed by atoms with Crippen LogP contribution in [0.4, 0.5) is 4.39 Å². The van der Waals surface area contributed by atoms with E-state index in [1.807, 2.05) is 20.8 Å². The predicted octanol–water partition coefficient (Wildman–Crippen LogP) is 4.49. The summed E-state index contributed by atoms with van der Waals surface area (Å²) in [5, 5.41) is 2.90. The lowest BCUT2D eigenvalue weighted by Crippen LogP contribution is -2.40.